The van der Waals surface area contributed by atoms with Crippen molar-refractivity contribution in [3.8, 4) is 0 Å². The highest BCUT2D eigenvalue weighted by Gasteiger charge is 2.42. The highest BCUT2D eigenvalue weighted by Crippen LogP contribution is 2.33. The van der Waals surface area contributed by atoms with Gasteiger partial charge in [0.05, 0.1) is 18.5 Å². The summed E-state index contributed by atoms with van der Waals surface area (Å²) in [4.78, 5) is 74.6. The average molecular weight is 576 g/mol. The maximum Gasteiger partial charge on any atom is 0.334 e. The van der Waals surface area contributed by atoms with Crippen LogP contribution in [-0.2, 0) is 28.8 Å². The summed E-state index contributed by atoms with van der Waals surface area (Å²) in [5, 5.41) is 12.4. The van der Waals surface area contributed by atoms with Gasteiger partial charge in [-0.05, 0) is 12.8 Å². The second-order valence-corrected chi connectivity index (χ2v) is 12.7. The second-order valence-electron chi connectivity index (χ2n) is 8.76. The molecule has 3 atom stereocenters. The minimum absolute atomic E-state index is 0.0361. The lowest BCUT2D eigenvalue weighted by Gasteiger charge is -2.16. The van der Waals surface area contributed by atoms with E-state index in [4.69, 9.17) is 4.84 Å². The van der Waals surface area contributed by atoms with Gasteiger partial charge < -0.3 is 26.1 Å². The number of nitrogens with zero attached hydrogens (tertiary/aromatic N) is 1. The number of hydrogen-bond donors (Lipinski definition) is 4. The monoisotopic (exact) mass is 575 g/mol. The maximum atomic E-state index is 12.0. The number of rotatable bonds is 16. The minimum Gasteiger partial charge on any atom is -0.354 e. The first kappa shape index (κ1) is 29.4. The van der Waals surface area contributed by atoms with E-state index in [0.29, 0.717) is 47.8 Å². The molecule has 0 aromatic heterocycles. The van der Waals surface area contributed by atoms with Crippen LogP contribution in [0.15, 0.2) is 0 Å². The zero-order chi connectivity index (χ0) is 26.6. The van der Waals surface area contributed by atoms with Crippen LogP contribution in [0.5, 0.6) is 0 Å². The van der Waals surface area contributed by atoms with E-state index in [9.17, 15) is 28.8 Å². The van der Waals surface area contributed by atoms with Crippen LogP contribution >= 0.6 is 33.3 Å². The highest BCUT2D eigenvalue weighted by molar-refractivity contribution is 8.76. The molecule has 12 nitrogen and oxygen atoms in total. The Balaban J connectivity index is 1.09. The molecule has 3 rings (SSSR count). The summed E-state index contributed by atoms with van der Waals surface area (Å²) < 4.78 is 0. The number of hydrogen-bond acceptors (Lipinski definition) is 10. The van der Waals surface area contributed by atoms with Crippen LogP contribution in [0.4, 0.5) is 4.79 Å². The first-order valence-corrected chi connectivity index (χ1v) is 15.9. The number of hydroxylamine groups is 2. The third kappa shape index (κ3) is 9.93. The molecule has 3 aliphatic heterocycles. The maximum absolute atomic E-state index is 12.0. The van der Waals surface area contributed by atoms with Gasteiger partial charge in [-0.25, -0.2) is 9.59 Å². The van der Waals surface area contributed by atoms with E-state index in [2.05, 4.69) is 21.3 Å². The van der Waals surface area contributed by atoms with Crippen LogP contribution in [0.3, 0.4) is 0 Å². The van der Waals surface area contributed by atoms with Crippen molar-refractivity contribution < 1.29 is 33.6 Å². The van der Waals surface area contributed by atoms with E-state index in [-0.39, 0.29) is 49.2 Å². The van der Waals surface area contributed by atoms with Crippen molar-refractivity contribution in [2.75, 3.05) is 30.3 Å². The lowest BCUT2D eigenvalue weighted by atomic mass is 10.0. The van der Waals surface area contributed by atoms with Crippen LogP contribution < -0.4 is 21.3 Å². The molecule has 3 heterocycles. The lowest BCUT2D eigenvalue weighted by molar-refractivity contribution is -0.197. The standard InChI is InChI=1S/C22H33N5O7S3/c28-16(4-2-1-3-15-21-14(13-35-15)25-22(33)26-21)23-9-10-24-17(29)7-11-36-37-12-8-20(32)34-27-18(30)5-6-19(27)31/h14-15,21H,1-13H2,(H,23,28)(H,24,29)(H2,25,26,33). The number of unbranched alkanes of at least 4 members (excludes halogenated alkanes) is 1. The summed E-state index contributed by atoms with van der Waals surface area (Å²) in [5.74, 6) is 0.125. The molecule has 37 heavy (non-hydrogen) atoms. The van der Waals surface area contributed by atoms with Crippen molar-refractivity contribution in [2.45, 2.75) is 68.7 Å². The van der Waals surface area contributed by atoms with Crippen molar-refractivity contribution in [3.63, 3.8) is 0 Å². The fraction of sp³-hybridized carbons (Fsp3) is 0.727. The Morgan fingerprint density at radius 2 is 1.57 bits per heavy atom. The van der Waals surface area contributed by atoms with Crippen molar-refractivity contribution in [3.05, 3.63) is 0 Å². The van der Waals surface area contributed by atoms with Crippen molar-refractivity contribution in [2.24, 2.45) is 0 Å². The molecule has 0 aromatic carbocycles. The number of carbonyl (C=O) groups excluding carboxylic acids is 6. The van der Waals surface area contributed by atoms with E-state index in [0.717, 1.165) is 25.0 Å². The quantitative estimate of drug-likeness (QED) is 0.0892. The van der Waals surface area contributed by atoms with Gasteiger partial charge in [0.25, 0.3) is 11.8 Å². The molecule has 3 aliphatic rings. The van der Waals surface area contributed by atoms with Crippen LogP contribution in [0, 0.1) is 0 Å². The molecule has 206 valence electrons. The van der Waals surface area contributed by atoms with Gasteiger partial charge in [0.2, 0.25) is 11.8 Å². The van der Waals surface area contributed by atoms with E-state index >= 15 is 0 Å². The topological polar surface area (TPSA) is 163 Å². The van der Waals surface area contributed by atoms with Gasteiger partial charge in [0, 0.05) is 61.3 Å². The molecule has 0 spiro atoms. The molecule has 0 saturated carbocycles. The molecule has 3 fully saturated rings. The summed E-state index contributed by atoms with van der Waals surface area (Å²) in [5.41, 5.74) is 0. The third-order valence-electron chi connectivity index (χ3n) is 5.93. The first-order valence-electron chi connectivity index (χ1n) is 12.4. The van der Waals surface area contributed by atoms with Crippen LogP contribution in [0.25, 0.3) is 0 Å². The molecule has 0 radical (unpaired) electrons. The van der Waals surface area contributed by atoms with E-state index in [1.807, 2.05) is 11.8 Å². The number of carbonyl (C=O) groups is 6. The number of amides is 6. The molecule has 3 unspecified atom stereocenters. The van der Waals surface area contributed by atoms with Gasteiger partial charge in [-0.1, -0.05) is 28.0 Å². The fourth-order valence-electron chi connectivity index (χ4n) is 4.04. The number of thioether (sulfide) groups is 1. The van der Waals surface area contributed by atoms with E-state index in [1.165, 1.54) is 21.6 Å². The highest BCUT2D eigenvalue weighted by atomic mass is 33.1. The van der Waals surface area contributed by atoms with Crippen LogP contribution in [-0.4, -0.2) is 88.4 Å². The van der Waals surface area contributed by atoms with Crippen molar-refractivity contribution >= 4 is 69.0 Å². The van der Waals surface area contributed by atoms with Gasteiger partial charge in [-0.2, -0.15) is 11.8 Å². The summed E-state index contributed by atoms with van der Waals surface area (Å²) in [6, 6.07) is 0.324. The Hall–Kier alpha value is -2.13. The van der Waals surface area contributed by atoms with Gasteiger partial charge >= 0.3 is 12.0 Å². The predicted octanol–water partition coefficient (Wildman–Crippen LogP) is 0.713. The number of imide groups is 1. The van der Waals surface area contributed by atoms with Gasteiger partial charge in [-0.3, -0.25) is 19.2 Å². The van der Waals surface area contributed by atoms with E-state index < -0.39 is 17.8 Å². The smallest absolute Gasteiger partial charge is 0.334 e. The summed E-state index contributed by atoms with van der Waals surface area (Å²) in [6.45, 7) is 0.729. The number of urea groups is 1. The molecule has 3 saturated heterocycles. The van der Waals surface area contributed by atoms with Crippen molar-refractivity contribution in [1.29, 1.82) is 0 Å². The Bertz CT molecular complexity index is 862. The molecule has 15 heteroatoms. The van der Waals surface area contributed by atoms with Crippen LogP contribution in [0.2, 0.25) is 0 Å². The van der Waals surface area contributed by atoms with Gasteiger partial charge in [-0.15, -0.1) is 5.06 Å². The SMILES string of the molecule is O=C(CCCCC1SCC2NC(=O)NC21)NCCNC(=O)CCSSCCC(=O)ON1C(=O)CCC1=O. The summed E-state index contributed by atoms with van der Waals surface area (Å²) in [7, 11) is 2.85. The molecule has 4 N–H and O–H groups in total. The average Bonchev–Trinajstić information content (AvgIpc) is 3.51. The fourth-order valence-corrected chi connectivity index (χ4v) is 7.54. The zero-order valence-electron chi connectivity index (χ0n) is 20.5. The molecule has 0 bridgehead atoms. The summed E-state index contributed by atoms with van der Waals surface area (Å²) >= 11 is 1.87. The van der Waals surface area contributed by atoms with Gasteiger partial charge in [0.15, 0.2) is 0 Å². The lowest BCUT2D eigenvalue weighted by Crippen LogP contribution is -2.36. The van der Waals surface area contributed by atoms with Gasteiger partial charge in [0.1, 0.15) is 0 Å². The molecular weight excluding hydrogens is 542 g/mol. The zero-order valence-corrected chi connectivity index (χ0v) is 22.9. The Labute approximate surface area is 227 Å². The minimum atomic E-state index is -0.640. The largest absolute Gasteiger partial charge is 0.354 e. The Morgan fingerprint density at radius 1 is 0.919 bits per heavy atom. The molecule has 0 aliphatic carbocycles. The third-order valence-corrected chi connectivity index (χ3v) is 9.85. The Kier molecular flexibility index (Phi) is 12.2. The number of fused-ring (bicyclic) bond motifs is 1. The van der Waals surface area contributed by atoms with Crippen molar-refractivity contribution in [1.82, 2.24) is 26.3 Å². The Morgan fingerprint density at radius 3 is 2.27 bits per heavy atom. The second kappa shape index (κ2) is 15.3. The summed E-state index contributed by atoms with van der Waals surface area (Å²) in [6.07, 6.45) is 3.61. The number of nitrogens with one attached hydrogen (secondary N) is 4. The van der Waals surface area contributed by atoms with E-state index in [1.54, 1.807) is 0 Å². The van der Waals surface area contributed by atoms with Crippen LogP contribution in [0.1, 0.15) is 51.4 Å². The predicted molar refractivity (Wildman–Crippen MR) is 141 cm³/mol. The molecular formula is C22H33N5O7S3. The molecule has 6 amide bonds. The molecule has 0 aromatic rings. The normalized spacial score (nSPS) is 22.4. The first-order chi connectivity index (χ1) is 17.8.